The Morgan fingerprint density at radius 3 is 2.78 bits per heavy atom. The highest BCUT2D eigenvalue weighted by Crippen LogP contribution is 2.23. The van der Waals surface area contributed by atoms with Crippen LogP contribution >= 0.6 is 0 Å². The number of hydrogen-bond acceptors (Lipinski definition) is 7. The summed E-state index contributed by atoms with van der Waals surface area (Å²) in [6.45, 7) is 4.93. The number of likely N-dealkylation sites (tertiary alicyclic amines) is 1. The summed E-state index contributed by atoms with van der Waals surface area (Å²) in [5.41, 5.74) is 0. The highest BCUT2D eigenvalue weighted by Gasteiger charge is 2.28. The van der Waals surface area contributed by atoms with Gasteiger partial charge in [0, 0.05) is 18.6 Å². The van der Waals surface area contributed by atoms with Crippen LogP contribution in [0.25, 0.3) is 0 Å². The van der Waals surface area contributed by atoms with Crippen molar-refractivity contribution in [3.05, 3.63) is 22.1 Å². The van der Waals surface area contributed by atoms with E-state index in [-0.39, 0.29) is 12.4 Å². The van der Waals surface area contributed by atoms with Crippen LogP contribution in [0.5, 0.6) is 0 Å². The lowest BCUT2D eigenvalue weighted by atomic mass is 10.2. The zero-order valence-electron chi connectivity index (χ0n) is 13.6. The first kappa shape index (κ1) is 17.4. The Balaban J connectivity index is 1.79. The Labute approximate surface area is 134 Å². The summed E-state index contributed by atoms with van der Waals surface area (Å²) in [7, 11) is 1.53. The van der Waals surface area contributed by atoms with Crippen molar-refractivity contribution in [3.63, 3.8) is 0 Å². The van der Waals surface area contributed by atoms with Crippen LogP contribution in [0.1, 0.15) is 32.5 Å². The first-order valence-electron chi connectivity index (χ1n) is 7.65. The fraction of sp³-hybridized carbons (Fsp3) is 0.714. The molecule has 0 aliphatic carbocycles. The number of oxime groups is 1. The molecule has 1 saturated heterocycles. The van der Waals surface area contributed by atoms with Crippen LogP contribution in [0.15, 0.2) is 11.4 Å². The van der Waals surface area contributed by atoms with Crippen LogP contribution in [-0.2, 0) is 11.9 Å². The maximum Gasteiger partial charge on any atom is 0.342 e. The van der Waals surface area contributed by atoms with Gasteiger partial charge >= 0.3 is 5.82 Å². The molecule has 3 unspecified atom stereocenters. The lowest BCUT2D eigenvalue weighted by Gasteiger charge is -2.27. The zero-order valence-corrected chi connectivity index (χ0v) is 13.6. The summed E-state index contributed by atoms with van der Waals surface area (Å²) in [4.78, 5) is 21.4. The van der Waals surface area contributed by atoms with Crippen molar-refractivity contribution in [2.75, 3.05) is 13.2 Å². The minimum absolute atomic E-state index is 0.0684. The molecule has 1 N–H and O–H groups in total. The Hall–Kier alpha value is -2.00. The van der Waals surface area contributed by atoms with Crippen LogP contribution < -0.4 is 0 Å². The molecule has 2 rings (SSSR count). The van der Waals surface area contributed by atoms with E-state index in [0.717, 1.165) is 19.0 Å². The second-order valence-corrected chi connectivity index (χ2v) is 5.95. The van der Waals surface area contributed by atoms with Gasteiger partial charge in [0.2, 0.25) is 5.82 Å². The quantitative estimate of drug-likeness (QED) is 0.454. The first-order valence-corrected chi connectivity index (χ1v) is 7.65. The van der Waals surface area contributed by atoms with Gasteiger partial charge in [-0.1, -0.05) is 5.16 Å². The zero-order chi connectivity index (χ0) is 17.0. The van der Waals surface area contributed by atoms with Crippen molar-refractivity contribution in [3.8, 4) is 0 Å². The second-order valence-electron chi connectivity index (χ2n) is 5.95. The molecule has 128 valence electrons. The molecule has 0 saturated carbocycles. The Kier molecular flexibility index (Phi) is 5.67. The molecule has 1 aliphatic heterocycles. The maximum atomic E-state index is 10.7. The van der Waals surface area contributed by atoms with Crippen LogP contribution in [0, 0.1) is 10.1 Å². The molecular formula is C14H23N5O4. The van der Waals surface area contributed by atoms with Crippen LogP contribution in [0.3, 0.4) is 0 Å². The topological polar surface area (TPSA) is 106 Å². The van der Waals surface area contributed by atoms with Gasteiger partial charge in [0.15, 0.2) is 0 Å². The third-order valence-electron chi connectivity index (χ3n) is 4.25. The molecule has 1 aromatic rings. The number of aliphatic hydroxyl groups excluding tert-OH is 1. The summed E-state index contributed by atoms with van der Waals surface area (Å²) in [5.74, 6) is 0.191. The molecule has 0 spiro atoms. The molecule has 0 bridgehead atoms. The Morgan fingerprint density at radius 2 is 2.22 bits per heavy atom. The fourth-order valence-corrected chi connectivity index (χ4v) is 2.82. The van der Waals surface area contributed by atoms with Gasteiger partial charge in [-0.25, -0.2) is 9.55 Å². The standard InChI is InChI=1S/C14H23N5O4/c1-10-4-5-11(2)18(10)8-12(20)9-23-16-6-13-15-7-14(17(13)3)19(21)22/h6-7,10-12,20H,4-5,8-9H2,1-3H3. The Bertz CT molecular complexity index is 564. The predicted molar refractivity (Wildman–Crippen MR) is 84.3 cm³/mol. The molecule has 1 aromatic heterocycles. The highest BCUT2D eigenvalue weighted by atomic mass is 16.6. The van der Waals surface area contributed by atoms with Gasteiger partial charge in [0.05, 0.1) is 7.05 Å². The number of β-amino-alcohol motifs (C(OH)–C–C–N with tert-alkyl or cyclic N) is 1. The van der Waals surface area contributed by atoms with Crippen molar-refractivity contribution in [2.24, 2.45) is 12.2 Å². The van der Waals surface area contributed by atoms with Gasteiger partial charge in [-0.3, -0.25) is 4.90 Å². The van der Waals surface area contributed by atoms with E-state index >= 15 is 0 Å². The van der Waals surface area contributed by atoms with Crippen molar-refractivity contribution < 1.29 is 14.9 Å². The summed E-state index contributed by atoms with van der Waals surface area (Å²) in [6.07, 6.45) is 4.11. The molecule has 2 heterocycles. The summed E-state index contributed by atoms with van der Waals surface area (Å²) >= 11 is 0. The van der Waals surface area contributed by atoms with Gasteiger partial charge in [-0.2, -0.15) is 0 Å². The summed E-state index contributed by atoms with van der Waals surface area (Å²) in [5, 5.41) is 24.4. The SMILES string of the molecule is CC1CCC(C)N1CC(O)CON=Cc1ncc([N+](=O)[O-])n1C. The van der Waals surface area contributed by atoms with E-state index in [9.17, 15) is 15.2 Å². The fourth-order valence-electron chi connectivity index (χ4n) is 2.82. The van der Waals surface area contributed by atoms with E-state index < -0.39 is 11.0 Å². The van der Waals surface area contributed by atoms with E-state index in [2.05, 4.69) is 28.9 Å². The van der Waals surface area contributed by atoms with E-state index in [4.69, 9.17) is 4.84 Å². The minimum Gasteiger partial charge on any atom is -0.393 e. The number of imidazole rings is 1. The van der Waals surface area contributed by atoms with E-state index in [1.807, 2.05) is 0 Å². The second kappa shape index (κ2) is 7.51. The van der Waals surface area contributed by atoms with E-state index in [0.29, 0.717) is 24.5 Å². The number of aromatic nitrogens is 2. The third-order valence-corrected chi connectivity index (χ3v) is 4.25. The van der Waals surface area contributed by atoms with Gasteiger partial charge in [0.1, 0.15) is 25.1 Å². The number of rotatable bonds is 7. The van der Waals surface area contributed by atoms with Gasteiger partial charge in [0.25, 0.3) is 0 Å². The summed E-state index contributed by atoms with van der Waals surface area (Å²) < 4.78 is 1.30. The Morgan fingerprint density at radius 1 is 1.57 bits per heavy atom. The van der Waals surface area contributed by atoms with Crippen molar-refractivity contribution in [1.82, 2.24) is 14.5 Å². The van der Waals surface area contributed by atoms with E-state index in [1.54, 1.807) is 0 Å². The number of hydrogen-bond donors (Lipinski definition) is 1. The molecule has 1 fully saturated rings. The average molecular weight is 325 g/mol. The van der Waals surface area contributed by atoms with Gasteiger partial charge < -0.3 is 20.1 Å². The lowest BCUT2D eigenvalue weighted by molar-refractivity contribution is -0.391. The number of nitrogens with zero attached hydrogens (tertiary/aromatic N) is 5. The summed E-state index contributed by atoms with van der Waals surface area (Å²) in [6, 6.07) is 0.938. The molecule has 1 aliphatic rings. The molecule has 9 nitrogen and oxygen atoms in total. The molecule has 3 atom stereocenters. The minimum atomic E-state index is -0.633. The largest absolute Gasteiger partial charge is 0.393 e. The average Bonchev–Trinajstić information content (AvgIpc) is 3.01. The normalized spacial score (nSPS) is 23.5. The van der Waals surface area contributed by atoms with Crippen molar-refractivity contribution in [2.45, 2.75) is 44.9 Å². The molecule has 0 radical (unpaired) electrons. The molecule has 0 amide bonds. The third kappa shape index (κ3) is 4.26. The molecule has 9 heteroatoms. The van der Waals surface area contributed by atoms with Crippen LogP contribution in [-0.4, -0.2) is 62.0 Å². The lowest BCUT2D eigenvalue weighted by Crippen LogP contribution is -2.40. The predicted octanol–water partition coefficient (Wildman–Crippen LogP) is 0.912. The first-order chi connectivity index (χ1) is 10.9. The van der Waals surface area contributed by atoms with Crippen LogP contribution in [0.4, 0.5) is 5.82 Å². The van der Waals surface area contributed by atoms with Crippen molar-refractivity contribution >= 4 is 12.0 Å². The molecular weight excluding hydrogens is 302 g/mol. The number of nitro groups is 1. The van der Waals surface area contributed by atoms with Gasteiger partial charge in [-0.05, 0) is 31.6 Å². The molecule has 0 aromatic carbocycles. The maximum absolute atomic E-state index is 10.7. The molecule has 23 heavy (non-hydrogen) atoms. The monoisotopic (exact) mass is 325 g/mol. The van der Waals surface area contributed by atoms with Gasteiger partial charge in [-0.15, -0.1) is 0 Å². The van der Waals surface area contributed by atoms with Crippen LogP contribution in [0.2, 0.25) is 0 Å². The van der Waals surface area contributed by atoms with Crippen molar-refractivity contribution in [1.29, 1.82) is 0 Å². The van der Waals surface area contributed by atoms with E-state index in [1.165, 1.54) is 17.8 Å². The smallest absolute Gasteiger partial charge is 0.342 e. The number of aliphatic hydroxyl groups is 1. The highest BCUT2D eigenvalue weighted by molar-refractivity contribution is 5.74.